The van der Waals surface area contributed by atoms with E-state index in [1.54, 1.807) is 0 Å². The molecule has 0 radical (unpaired) electrons. The molecule has 1 aromatic rings. The summed E-state index contributed by atoms with van der Waals surface area (Å²) < 4.78 is 22.6. The van der Waals surface area contributed by atoms with Gasteiger partial charge in [0, 0.05) is 12.5 Å². The molecule has 0 spiro atoms. The van der Waals surface area contributed by atoms with Crippen molar-refractivity contribution < 1.29 is 13.1 Å². The van der Waals surface area contributed by atoms with E-state index in [0.717, 1.165) is 36.5 Å². The lowest BCUT2D eigenvalue weighted by atomic mass is 10.0. The molecule has 1 heterocycles. The van der Waals surface area contributed by atoms with Crippen LogP contribution in [0.1, 0.15) is 18.4 Å². The molecule has 1 fully saturated rings. The third kappa shape index (κ3) is 3.91. The van der Waals surface area contributed by atoms with Crippen molar-refractivity contribution in [2.24, 2.45) is 5.92 Å². The number of ether oxygens (including phenoxy) is 1. The van der Waals surface area contributed by atoms with E-state index in [2.05, 4.69) is 0 Å². The number of aryl methyl sites for hydroxylation is 1. The van der Waals surface area contributed by atoms with Gasteiger partial charge < -0.3 is 4.74 Å². The molecular formula is C13H18O3S. The Labute approximate surface area is 105 Å². The first-order valence-electron chi connectivity index (χ1n) is 5.95. The monoisotopic (exact) mass is 254 g/mol. The van der Waals surface area contributed by atoms with Crippen molar-refractivity contribution in [2.45, 2.75) is 24.7 Å². The zero-order valence-electron chi connectivity index (χ0n) is 10.1. The van der Waals surface area contributed by atoms with Crippen LogP contribution in [-0.4, -0.2) is 24.0 Å². The molecule has 0 saturated carbocycles. The Morgan fingerprint density at radius 1 is 1.41 bits per heavy atom. The standard InChI is InChI=1S/C13H18O3S/c1-11-4-6-13(7-5-11)17(14)16-10-12-3-2-8-15-9-12/h4-7,12H,2-3,8-10H2,1H3. The second kappa shape index (κ2) is 6.28. The minimum Gasteiger partial charge on any atom is -0.381 e. The van der Waals surface area contributed by atoms with Crippen molar-refractivity contribution in [3.8, 4) is 0 Å². The minimum absolute atomic E-state index is 0.387. The molecular weight excluding hydrogens is 236 g/mol. The highest BCUT2D eigenvalue weighted by Crippen LogP contribution is 2.16. The maximum Gasteiger partial charge on any atom is 0.189 e. The molecule has 0 bridgehead atoms. The Morgan fingerprint density at radius 2 is 2.18 bits per heavy atom. The maximum absolute atomic E-state index is 11.8. The molecule has 2 rings (SSSR count). The SMILES string of the molecule is Cc1ccc(S(=O)OCC2CCCOC2)cc1. The Hall–Kier alpha value is -0.710. The number of rotatable bonds is 4. The van der Waals surface area contributed by atoms with E-state index in [4.69, 9.17) is 8.92 Å². The Bertz CT molecular complexity index is 369. The van der Waals surface area contributed by atoms with E-state index in [1.807, 2.05) is 31.2 Å². The average Bonchev–Trinajstić information content (AvgIpc) is 2.38. The molecule has 0 N–H and O–H groups in total. The van der Waals surface area contributed by atoms with Crippen LogP contribution in [0, 0.1) is 12.8 Å². The van der Waals surface area contributed by atoms with Crippen molar-refractivity contribution in [3.63, 3.8) is 0 Å². The van der Waals surface area contributed by atoms with Gasteiger partial charge in [-0.2, -0.15) is 0 Å². The maximum atomic E-state index is 11.8. The molecule has 1 aromatic carbocycles. The molecule has 4 heteroatoms. The summed E-state index contributed by atoms with van der Waals surface area (Å²) in [6.45, 7) is 4.09. The molecule has 94 valence electrons. The van der Waals surface area contributed by atoms with E-state index in [1.165, 1.54) is 0 Å². The normalized spacial score (nSPS) is 22.3. The van der Waals surface area contributed by atoms with Crippen molar-refractivity contribution in [2.75, 3.05) is 19.8 Å². The third-order valence-electron chi connectivity index (χ3n) is 2.88. The van der Waals surface area contributed by atoms with Gasteiger partial charge in [0.25, 0.3) is 0 Å². The highest BCUT2D eigenvalue weighted by Gasteiger charge is 2.15. The lowest BCUT2D eigenvalue weighted by Gasteiger charge is -2.21. The van der Waals surface area contributed by atoms with Gasteiger partial charge in [0.1, 0.15) is 0 Å². The van der Waals surface area contributed by atoms with E-state index in [-0.39, 0.29) is 0 Å². The van der Waals surface area contributed by atoms with Crippen LogP contribution >= 0.6 is 0 Å². The quantitative estimate of drug-likeness (QED) is 0.828. The van der Waals surface area contributed by atoms with Gasteiger partial charge in [-0.25, -0.2) is 4.21 Å². The largest absolute Gasteiger partial charge is 0.381 e. The van der Waals surface area contributed by atoms with Gasteiger partial charge >= 0.3 is 0 Å². The van der Waals surface area contributed by atoms with Gasteiger partial charge in [0.2, 0.25) is 0 Å². The average molecular weight is 254 g/mol. The fourth-order valence-corrected chi connectivity index (χ4v) is 2.62. The van der Waals surface area contributed by atoms with Crippen LogP contribution < -0.4 is 0 Å². The van der Waals surface area contributed by atoms with Crippen molar-refractivity contribution in [3.05, 3.63) is 29.8 Å². The second-order valence-corrected chi connectivity index (χ2v) is 5.59. The van der Waals surface area contributed by atoms with E-state index in [0.29, 0.717) is 12.5 Å². The summed E-state index contributed by atoms with van der Waals surface area (Å²) in [7, 11) is 0. The first kappa shape index (κ1) is 12.7. The molecule has 0 aromatic heterocycles. The molecule has 0 amide bonds. The zero-order valence-corrected chi connectivity index (χ0v) is 10.9. The fourth-order valence-electron chi connectivity index (χ4n) is 1.81. The Morgan fingerprint density at radius 3 is 2.82 bits per heavy atom. The molecule has 2 atom stereocenters. The highest BCUT2D eigenvalue weighted by molar-refractivity contribution is 7.80. The van der Waals surface area contributed by atoms with Crippen LogP contribution in [-0.2, 0) is 20.0 Å². The van der Waals surface area contributed by atoms with E-state index in [9.17, 15) is 4.21 Å². The van der Waals surface area contributed by atoms with E-state index >= 15 is 0 Å². The summed E-state index contributed by atoms with van der Waals surface area (Å²) in [5.74, 6) is 0.387. The Kier molecular flexibility index (Phi) is 4.71. The first-order valence-corrected chi connectivity index (χ1v) is 7.02. The molecule has 1 aliphatic heterocycles. The molecule has 2 unspecified atom stereocenters. The minimum atomic E-state index is -1.35. The van der Waals surface area contributed by atoms with Gasteiger partial charge in [-0.1, -0.05) is 17.7 Å². The van der Waals surface area contributed by atoms with Crippen LogP contribution in [0.2, 0.25) is 0 Å². The van der Waals surface area contributed by atoms with Gasteiger partial charge in [-0.15, -0.1) is 0 Å². The summed E-state index contributed by atoms with van der Waals surface area (Å²) in [5.41, 5.74) is 1.16. The predicted octanol–water partition coefficient (Wildman–Crippen LogP) is 2.46. The van der Waals surface area contributed by atoms with Gasteiger partial charge in [0.15, 0.2) is 11.1 Å². The number of hydrogen-bond donors (Lipinski definition) is 0. The van der Waals surface area contributed by atoms with Crippen molar-refractivity contribution in [1.29, 1.82) is 0 Å². The van der Waals surface area contributed by atoms with Crippen molar-refractivity contribution in [1.82, 2.24) is 0 Å². The summed E-state index contributed by atoms with van der Waals surface area (Å²) in [6, 6.07) is 7.59. The summed E-state index contributed by atoms with van der Waals surface area (Å²) >= 11 is -1.35. The third-order valence-corrected chi connectivity index (χ3v) is 3.89. The summed E-state index contributed by atoms with van der Waals surface area (Å²) in [4.78, 5) is 0.729. The molecule has 3 nitrogen and oxygen atoms in total. The molecule has 1 saturated heterocycles. The van der Waals surface area contributed by atoms with Gasteiger partial charge in [-0.3, -0.25) is 4.18 Å². The highest BCUT2D eigenvalue weighted by atomic mass is 32.2. The first-order chi connectivity index (χ1) is 8.25. The predicted molar refractivity (Wildman–Crippen MR) is 67.1 cm³/mol. The lowest BCUT2D eigenvalue weighted by molar-refractivity contribution is 0.0375. The topological polar surface area (TPSA) is 35.5 Å². The summed E-state index contributed by atoms with van der Waals surface area (Å²) in [5, 5.41) is 0. The van der Waals surface area contributed by atoms with Gasteiger partial charge in [-0.05, 0) is 31.9 Å². The summed E-state index contributed by atoms with van der Waals surface area (Å²) in [6.07, 6.45) is 2.18. The van der Waals surface area contributed by atoms with Gasteiger partial charge in [0.05, 0.1) is 18.1 Å². The van der Waals surface area contributed by atoms with Crippen LogP contribution in [0.5, 0.6) is 0 Å². The lowest BCUT2D eigenvalue weighted by Crippen LogP contribution is -2.22. The second-order valence-electron chi connectivity index (χ2n) is 4.42. The zero-order chi connectivity index (χ0) is 12.1. The number of benzene rings is 1. The molecule has 17 heavy (non-hydrogen) atoms. The Balaban J connectivity index is 1.82. The van der Waals surface area contributed by atoms with Crippen LogP contribution in [0.25, 0.3) is 0 Å². The molecule has 0 aliphatic carbocycles. The smallest absolute Gasteiger partial charge is 0.189 e. The number of hydrogen-bond acceptors (Lipinski definition) is 3. The van der Waals surface area contributed by atoms with E-state index < -0.39 is 11.1 Å². The van der Waals surface area contributed by atoms with Crippen LogP contribution in [0.4, 0.5) is 0 Å². The molecule has 1 aliphatic rings. The van der Waals surface area contributed by atoms with Crippen LogP contribution in [0.3, 0.4) is 0 Å². The van der Waals surface area contributed by atoms with Crippen LogP contribution in [0.15, 0.2) is 29.2 Å². The van der Waals surface area contributed by atoms with Crippen molar-refractivity contribution >= 4 is 11.1 Å². The fraction of sp³-hybridized carbons (Fsp3) is 0.538.